The molecule has 1 aromatic carbocycles. The Labute approximate surface area is 90.7 Å². The summed E-state index contributed by atoms with van der Waals surface area (Å²) in [7, 11) is -1.28. The normalized spacial score (nSPS) is 12.1. The van der Waals surface area contributed by atoms with Crippen molar-refractivity contribution in [1.29, 1.82) is 0 Å². The van der Waals surface area contributed by atoms with Crippen molar-refractivity contribution >= 4 is 12.7 Å². The van der Waals surface area contributed by atoms with Crippen molar-refractivity contribution in [3.63, 3.8) is 0 Å². The largest absolute Gasteiger partial charge is 0.455 e. The van der Waals surface area contributed by atoms with Gasteiger partial charge in [-0.2, -0.15) is 0 Å². The second-order valence-corrected chi connectivity index (χ2v) is 3.24. The van der Waals surface area contributed by atoms with E-state index in [-0.39, 0.29) is 6.32 Å². The summed E-state index contributed by atoms with van der Waals surface area (Å²) >= 11 is 0. The molecule has 1 aromatic rings. The molecular weight excluding hydrogens is 187 g/mol. The molecule has 15 heavy (non-hydrogen) atoms. The molecular formula is C12H15BO2. The molecule has 3 heteroatoms. The van der Waals surface area contributed by atoms with E-state index in [0.717, 1.165) is 11.1 Å². The van der Waals surface area contributed by atoms with Gasteiger partial charge in [0, 0.05) is 6.32 Å². The first kappa shape index (κ1) is 11.8. The van der Waals surface area contributed by atoms with Gasteiger partial charge in [0.1, 0.15) is 0 Å². The second-order valence-electron chi connectivity index (χ2n) is 3.24. The van der Waals surface area contributed by atoms with E-state index < -0.39 is 7.12 Å². The lowest BCUT2D eigenvalue weighted by Crippen LogP contribution is -2.08. The molecule has 0 spiro atoms. The Morgan fingerprint density at radius 2 is 1.93 bits per heavy atom. The fraction of sp³-hybridized carbons (Fsp3) is 0.167. The first-order valence-electron chi connectivity index (χ1n) is 4.98. The van der Waals surface area contributed by atoms with Crippen LogP contribution in [0.4, 0.5) is 0 Å². The van der Waals surface area contributed by atoms with Gasteiger partial charge in [-0.3, -0.25) is 0 Å². The van der Waals surface area contributed by atoms with Crippen molar-refractivity contribution < 1.29 is 10.0 Å². The van der Waals surface area contributed by atoms with Gasteiger partial charge < -0.3 is 10.0 Å². The number of allylic oxidation sites excluding steroid dienone is 4. The van der Waals surface area contributed by atoms with E-state index in [1.54, 1.807) is 0 Å². The SMILES string of the molecule is C/C=C\C(=C/CB(O)O)c1ccccc1. The number of rotatable bonds is 4. The van der Waals surface area contributed by atoms with Crippen molar-refractivity contribution in [2.75, 3.05) is 0 Å². The quantitative estimate of drug-likeness (QED) is 0.579. The van der Waals surface area contributed by atoms with Crippen LogP contribution in [0.5, 0.6) is 0 Å². The minimum absolute atomic E-state index is 0.245. The Bertz CT molecular complexity index is 342. The summed E-state index contributed by atoms with van der Waals surface area (Å²) in [5.74, 6) is 0. The molecule has 2 nitrogen and oxygen atoms in total. The first-order valence-corrected chi connectivity index (χ1v) is 4.98. The molecule has 0 aromatic heterocycles. The van der Waals surface area contributed by atoms with Crippen LogP contribution in [0, 0.1) is 0 Å². The smallest absolute Gasteiger partial charge is 0.427 e. The lowest BCUT2D eigenvalue weighted by Gasteiger charge is -2.02. The summed E-state index contributed by atoms with van der Waals surface area (Å²) in [5, 5.41) is 17.6. The van der Waals surface area contributed by atoms with Crippen LogP contribution >= 0.6 is 0 Å². The molecule has 0 aliphatic heterocycles. The Kier molecular flexibility index (Phi) is 4.88. The Morgan fingerprint density at radius 3 is 2.47 bits per heavy atom. The zero-order valence-corrected chi connectivity index (χ0v) is 8.80. The first-order chi connectivity index (χ1) is 7.24. The van der Waals surface area contributed by atoms with Crippen LogP contribution < -0.4 is 0 Å². The van der Waals surface area contributed by atoms with E-state index in [0.29, 0.717) is 0 Å². The van der Waals surface area contributed by atoms with Crippen molar-refractivity contribution in [3.8, 4) is 0 Å². The van der Waals surface area contributed by atoms with Gasteiger partial charge in [-0.05, 0) is 18.1 Å². The van der Waals surface area contributed by atoms with Gasteiger partial charge >= 0.3 is 7.12 Å². The van der Waals surface area contributed by atoms with Gasteiger partial charge in [0.15, 0.2) is 0 Å². The molecule has 78 valence electrons. The van der Waals surface area contributed by atoms with Crippen molar-refractivity contribution in [2.24, 2.45) is 0 Å². The van der Waals surface area contributed by atoms with Gasteiger partial charge in [-0.1, -0.05) is 48.6 Å². The topological polar surface area (TPSA) is 40.5 Å². The minimum Gasteiger partial charge on any atom is -0.427 e. The van der Waals surface area contributed by atoms with Gasteiger partial charge in [-0.15, -0.1) is 0 Å². The van der Waals surface area contributed by atoms with Crippen LogP contribution in [-0.4, -0.2) is 17.2 Å². The van der Waals surface area contributed by atoms with Crippen LogP contribution in [0.1, 0.15) is 12.5 Å². The Hall–Kier alpha value is -1.32. The molecule has 0 bridgehead atoms. The van der Waals surface area contributed by atoms with Crippen molar-refractivity contribution in [2.45, 2.75) is 13.2 Å². The summed E-state index contributed by atoms with van der Waals surface area (Å²) in [6.07, 6.45) is 5.95. The maximum atomic E-state index is 8.80. The molecule has 0 unspecified atom stereocenters. The second kappa shape index (κ2) is 6.22. The zero-order chi connectivity index (χ0) is 11.1. The summed E-state index contributed by atoms with van der Waals surface area (Å²) in [6.45, 7) is 1.94. The highest BCUT2D eigenvalue weighted by Gasteiger charge is 2.04. The monoisotopic (exact) mass is 202 g/mol. The van der Waals surface area contributed by atoms with Gasteiger partial charge in [0.2, 0.25) is 0 Å². The zero-order valence-electron chi connectivity index (χ0n) is 8.80. The predicted molar refractivity (Wildman–Crippen MR) is 64.2 cm³/mol. The highest BCUT2D eigenvalue weighted by molar-refractivity contribution is 6.41. The Morgan fingerprint density at radius 1 is 1.27 bits per heavy atom. The summed E-state index contributed by atoms with van der Waals surface area (Å²) < 4.78 is 0. The lowest BCUT2D eigenvalue weighted by molar-refractivity contribution is 0.411. The maximum Gasteiger partial charge on any atom is 0.455 e. The van der Waals surface area contributed by atoms with Gasteiger partial charge in [0.25, 0.3) is 0 Å². The summed E-state index contributed by atoms with van der Waals surface area (Å²) in [4.78, 5) is 0. The van der Waals surface area contributed by atoms with E-state index in [2.05, 4.69) is 0 Å². The molecule has 0 saturated carbocycles. The average Bonchev–Trinajstić information content (AvgIpc) is 2.25. The van der Waals surface area contributed by atoms with Crippen LogP contribution in [0.25, 0.3) is 5.57 Å². The van der Waals surface area contributed by atoms with E-state index in [4.69, 9.17) is 10.0 Å². The molecule has 0 fully saturated rings. The molecule has 0 amide bonds. The fourth-order valence-electron chi connectivity index (χ4n) is 1.32. The van der Waals surface area contributed by atoms with E-state index in [9.17, 15) is 0 Å². The molecule has 0 atom stereocenters. The summed E-state index contributed by atoms with van der Waals surface area (Å²) in [5.41, 5.74) is 2.09. The fourth-order valence-corrected chi connectivity index (χ4v) is 1.32. The third kappa shape index (κ3) is 4.15. The van der Waals surface area contributed by atoms with Crippen molar-refractivity contribution in [1.82, 2.24) is 0 Å². The van der Waals surface area contributed by atoms with Crippen molar-refractivity contribution in [3.05, 3.63) is 54.1 Å². The number of benzene rings is 1. The Balaban J connectivity index is 2.88. The highest BCUT2D eigenvalue weighted by Crippen LogP contribution is 2.16. The van der Waals surface area contributed by atoms with Crippen LogP contribution in [-0.2, 0) is 0 Å². The predicted octanol–water partition coefficient (Wildman–Crippen LogP) is 2.12. The van der Waals surface area contributed by atoms with E-state index >= 15 is 0 Å². The van der Waals surface area contributed by atoms with Crippen LogP contribution in [0.15, 0.2) is 48.6 Å². The number of hydrogen-bond acceptors (Lipinski definition) is 2. The summed E-state index contributed by atoms with van der Waals surface area (Å²) in [6, 6.07) is 9.87. The van der Waals surface area contributed by atoms with Crippen LogP contribution in [0.2, 0.25) is 6.32 Å². The highest BCUT2D eigenvalue weighted by atomic mass is 16.4. The molecule has 2 N–H and O–H groups in total. The van der Waals surface area contributed by atoms with Gasteiger partial charge in [-0.25, -0.2) is 0 Å². The third-order valence-corrected chi connectivity index (χ3v) is 2.00. The molecule has 0 aliphatic carbocycles. The lowest BCUT2D eigenvalue weighted by atomic mass is 9.84. The molecule has 0 aliphatic rings. The number of hydrogen-bond donors (Lipinski definition) is 2. The molecule has 0 saturated heterocycles. The van der Waals surface area contributed by atoms with E-state index in [1.807, 2.05) is 55.5 Å². The standard InChI is InChI=1S/C12H15BO2/c1-2-6-11(9-10-13(14)15)12-7-4-3-5-8-12/h2-9,14-15H,10H2,1H3/b6-2-,11-9+. The van der Waals surface area contributed by atoms with E-state index in [1.165, 1.54) is 0 Å². The molecule has 0 radical (unpaired) electrons. The molecule has 1 rings (SSSR count). The third-order valence-electron chi connectivity index (χ3n) is 2.00. The minimum atomic E-state index is -1.28. The maximum absolute atomic E-state index is 8.80. The van der Waals surface area contributed by atoms with Crippen LogP contribution in [0.3, 0.4) is 0 Å². The average molecular weight is 202 g/mol. The van der Waals surface area contributed by atoms with Gasteiger partial charge in [0.05, 0.1) is 0 Å². The molecule has 0 heterocycles.